The van der Waals surface area contributed by atoms with Gasteiger partial charge in [0.05, 0.1) is 5.69 Å². The number of rotatable bonds is 2. The molecular formula is C16H15F4N3O3S. The van der Waals surface area contributed by atoms with Crippen LogP contribution in [0.3, 0.4) is 0 Å². The fraction of sp³-hybridized carbons (Fsp3) is 0.375. The largest absolute Gasteiger partial charge is 0.507 e. The second-order valence-electron chi connectivity index (χ2n) is 5.77. The summed E-state index contributed by atoms with van der Waals surface area (Å²) in [5.74, 6) is -1.05. The first-order valence-electron chi connectivity index (χ1n) is 7.81. The molecule has 1 aromatic carbocycles. The van der Waals surface area contributed by atoms with Crippen molar-refractivity contribution >= 4 is 17.4 Å². The molecule has 0 atom stereocenters. The fourth-order valence-electron chi connectivity index (χ4n) is 2.23. The van der Waals surface area contributed by atoms with Gasteiger partial charge in [0.1, 0.15) is 0 Å². The number of nitrogens with zero attached hydrogens (tertiary/aromatic N) is 3. The summed E-state index contributed by atoms with van der Waals surface area (Å²) < 4.78 is 63.0. The number of benzene rings is 1. The molecule has 0 N–H and O–H groups in total. The summed E-state index contributed by atoms with van der Waals surface area (Å²) in [6, 6.07) is 3.12. The van der Waals surface area contributed by atoms with Crippen molar-refractivity contribution in [1.29, 1.82) is 0 Å². The zero-order valence-electron chi connectivity index (χ0n) is 14.5. The summed E-state index contributed by atoms with van der Waals surface area (Å²) in [6.07, 6.45) is -7.94. The van der Waals surface area contributed by atoms with Crippen molar-refractivity contribution in [3.8, 4) is 17.2 Å². The minimum atomic E-state index is -4.80. The van der Waals surface area contributed by atoms with E-state index in [1.807, 2.05) is 0 Å². The maximum Gasteiger partial charge on any atom is 0.507 e. The third kappa shape index (κ3) is 3.51. The van der Waals surface area contributed by atoms with Crippen LogP contribution in [0.2, 0.25) is 0 Å². The van der Waals surface area contributed by atoms with Crippen molar-refractivity contribution in [1.82, 2.24) is 9.47 Å². The highest BCUT2D eigenvalue weighted by atomic mass is 32.1. The highest BCUT2D eigenvalue weighted by molar-refractivity contribution is 7.09. The Hall–Kier alpha value is -2.56. The number of hydrogen-bond acceptors (Lipinski definition) is 4. The van der Waals surface area contributed by atoms with Crippen molar-refractivity contribution < 1.29 is 31.8 Å². The summed E-state index contributed by atoms with van der Waals surface area (Å²) >= 11 is 1.21. The topological polar surface area (TPSA) is 56.1 Å². The third-order valence-electron chi connectivity index (χ3n) is 3.78. The summed E-state index contributed by atoms with van der Waals surface area (Å²) in [5, 5.41) is 0. The third-order valence-corrected chi connectivity index (χ3v) is 4.68. The van der Waals surface area contributed by atoms with Crippen LogP contribution in [0.4, 0.5) is 22.4 Å². The Bertz CT molecular complexity index is 955. The molecule has 0 unspecified atom stereocenters. The number of urea groups is 1. The summed E-state index contributed by atoms with van der Waals surface area (Å²) in [6.45, 7) is 4.03. The van der Waals surface area contributed by atoms with Gasteiger partial charge in [0.25, 0.3) is 0 Å². The lowest BCUT2D eigenvalue weighted by Crippen LogP contribution is -2.52. The molecule has 6 nitrogen and oxygen atoms in total. The second-order valence-corrected chi connectivity index (χ2v) is 6.98. The van der Waals surface area contributed by atoms with Gasteiger partial charge in [-0.05, 0) is 26.0 Å². The lowest BCUT2D eigenvalue weighted by atomic mass is 10.2. The van der Waals surface area contributed by atoms with Crippen LogP contribution in [0.25, 0.3) is 5.69 Å². The van der Waals surface area contributed by atoms with E-state index in [1.165, 1.54) is 26.9 Å². The number of amides is 2. The van der Waals surface area contributed by atoms with Gasteiger partial charge in [-0.2, -0.15) is 22.6 Å². The second kappa shape index (κ2) is 6.55. The summed E-state index contributed by atoms with van der Waals surface area (Å²) in [4.78, 5) is 18.6. The summed E-state index contributed by atoms with van der Waals surface area (Å²) in [5.41, 5.74) is 0.299. The van der Waals surface area contributed by atoms with Gasteiger partial charge in [0, 0.05) is 30.7 Å². The van der Waals surface area contributed by atoms with Gasteiger partial charge in [-0.15, -0.1) is 11.3 Å². The van der Waals surface area contributed by atoms with Gasteiger partial charge in [-0.3, -0.25) is 4.57 Å². The number of aromatic nitrogens is 1. The van der Waals surface area contributed by atoms with E-state index in [1.54, 1.807) is 27.1 Å². The van der Waals surface area contributed by atoms with E-state index >= 15 is 0 Å². The maximum absolute atomic E-state index is 13.4. The molecule has 0 saturated heterocycles. The number of ether oxygens (including phenoxy) is 2. The number of carbonyl (C=O) groups is 1. The van der Waals surface area contributed by atoms with E-state index in [-0.39, 0.29) is 0 Å². The Kier molecular flexibility index (Phi) is 4.66. The highest BCUT2D eigenvalue weighted by Gasteiger charge is 2.65. The molecule has 11 heteroatoms. The van der Waals surface area contributed by atoms with Gasteiger partial charge < -0.3 is 14.4 Å². The molecular weight excluding hydrogens is 390 g/mol. The Balaban J connectivity index is 2.05. The minimum absolute atomic E-state index is 0.298. The van der Waals surface area contributed by atoms with Crippen LogP contribution in [0.15, 0.2) is 29.4 Å². The van der Waals surface area contributed by atoms with Gasteiger partial charge >= 0.3 is 18.2 Å². The Morgan fingerprint density at radius 3 is 2.48 bits per heavy atom. The molecule has 146 valence electrons. The van der Waals surface area contributed by atoms with Crippen LogP contribution in [0.5, 0.6) is 11.5 Å². The van der Waals surface area contributed by atoms with Crippen molar-refractivity contribution in [3.63, 3.8) is 0 Å². The fourth-order valence-corrected chi connectivity index (χ4v) is 3.05. The maximum atomic E-state index is 13.4. The van der Waals surface area contributed by atoms with Crippen molar-refractivity contribution in [2.75, 3.05) is 13.6 Å². The van der Waals surface area contributed by atoms with Gasteiger partial charge in [-0.1, -0.05) is 0 Å². The first-order chi connectivity index (χ1) is 12.5. The SMILES string of the molecule is CCN(C)C(=O)/N=c1\sc(C)cn1-c1ccc2c(c1)OC(F)(F)C(F)(F)O2. The van der Waals surface area contributed by atoms with Crippen molar-refractivity contribution in [3.05, 3.63) is 34.1 Å². The number of aryl methyl sites for hydroxylation is 1. The standard InChI is InChI=1S/C16H15F4N3O3S/c1-4-22(3)13(24)21-14-23(8-9(2)27-14)10-5-6-11-12(7-10)26-16(19,20)15(17,18)25-11/h5-8H,4H2,1-3H3/b21-14-. The monoisotopic (exact) mass is 405 g/mol. The predicted octanol–water partition coefficient (Wildman–Crippen LogP) is 3.78. The van der Waals surface area contributed by atoms with E-state index < -0.39 is 29.7 Å². The molecule has 0 aliphatic carbocycles. The molecule has 0 radical (unpaired) electrons. The van der Waals surface area contributed by atoms with Gasteiger partial charge in [-0.25, -0.2) is 4.79 Å². The lowest BCUT2D eigenvalue weighted by Gasteiger charge is -2.31. The zero-order valence-corrected chi connectivity index (χ0v) is 15.3. The molecule has 0 bridgehead atoms. The zero-order chi connectivity index (χ0) is 20.0. The normalized spacial score (nSPS) is 17.7. The molecule has 1 aromatic heterocycles. The number of halogens is 4. The average Bonchev–Trinajstić information content (AvgIpc) is 2.94. The number of alkyl halides is 4. The van der Waals surface area contributed by atoms with E-state index in [0.29, 0.717) is 17.0 Å². The van der Waals surface area contributed by atoms with Crippen LogP contribution >= 0.6 is 11.3 Å². The molecule has 0 spiro atoms. The van der Waals surface area contributed by atoms with Crippen LogP contribution in [-0.2, 0) is 0 Å². The van der Waals surface area contributed by atoms with E-state index in [0.717, 1.165) is 17.0 Å². The highest BCUT2D eigenvalue weighted by Crippen LogP contribution is 2.47. The number of fused-ring (bicyclic) bond motifs is 1. The van der Waals surface area contributed by atoms with Crippen LogP contribution < -0.4 is 14.3 Å². The Labute approximate surface area is 155 Å². The Morgan fingerprint density at radius 2 is 1.85 bits per heavy atom. The van der Waals surface area contributed by atoms with Gasteiger partial charge in [0.2, 0.25) is 0 Å². The predicted molar refractivity (Wildman–Crippen MR) is 88.8 cm³/mol. The summed E-state index contributed by atoms with van der Waals surface area (Å²) in [7, 11) is 1.59. The van der Waals surface area contributed by atoms with Crippen molar-refractivity contribution in [2.45, 2.75) is 26.1 Å². The number of hydrogen-bond donors (Lipinski definition) is 0. The molecule has 1 aliphatic rings. The molecule has 2 aromatic rings. The number of thiazole rings is 1. The van der Waals surface area contributed by atoms with Crippen LogP contribution in [0, 0.1) is 6.92 Å². The lowest BCUT2D eigenvalue weighted by molar-refractivity contribution is -0.391. The first kappa shape index (κ1) is 19.2. The van der Waals surface area contributed by atoms with Crippen LogP contribution in [-0.4, -0.2) is 41.3 Å². The number of carbonyl (C=O) groups excluding carboxylic acids is 1. The molecule has 0 fully saturated rings. The molecule has 1 aliphatic heterocycles. The van der Waals surface area contributed by atoms with Gasteiger partial charge in [0.15, 0.2) is 16.3 Å². The first-order valence-corrected chi connectivity index (χ1v) is 8.62. The molecule has 2 heterocycles. The van der Waals surface area contributed by atoms with E-state index in [9.17, 15) is 22.4 Å². The molecule has 2 amide bonds. The van der Waals surface area contributed by atoms with Crippen LogP contribution in [0.1, 0.15) is 11.8 Å². The smallest absolute Gasteiger partial charge is 0.421 e. The molecule has 3 rings (SSSR count). The Morgan fingerprint density at radius 1 is 1.22 bits per heavy atom. The molecule has 0 saturated carbocycles. The van der Waals surface area contributed by atoms with E-state index in [4.69, 9.17) is 0 Å². The quantitative estimate of drug-likeness (QED) is 0.715. The molecule has 27 heavy (non-hydrogen) atoms. The minimum Gasteiger partial charge on any atom is -0.421 e. The van der Waals surface area contributed by atoms with E-state index in [2.05, 4.69) is 14.5 Å². The average molecular weight is 405 g/mol. The van der Waals surface area contributed by atoms with Crippen molar-refractivity contribution in [2.24, 2.45) is 4.99 Å².